The molecule has 2 atom stereocenters. The van der Waals surface area contributed by atoms with Crippen LogP contribution in [0.4, 0.5) is 0 Å². The number of aliphatic hydroxyl groups is 1. The van der Waals surface area contributed by atoms with Crippen LogP contribution in [-0.4, -0.2) is 24.2 Å². The Morgan fingerprint density at radius 2 is 2.07 bits per heavy atom. The summed E-state index contributed by atoms with van der Waals surface area (Å²) >= 11 is 0. The quantitative estimate of drug-likeness (QED) is 0.650. The van der Waals surface area contributed by atoms with Gasteiger partial charge in [0.25, 0.3) is 0 Å². The molecule has 0 heterocycles. The number of rotatable bonds is 8. The molecule has 3 nitrogen and oxygen atoms in total. The monoisotopic (exact) mass is 215 g/mol. The van der Waals surface area contributed by atoms with E-state index in [1.165, 1.54) is 0 Å². The number of carbonyl (C=O) groups is 1. The predicted molar refractivity (Wildman–Crippen MR) is 62.6 cm³/mol. The molecule has 0 saturated heterocycles. The summed E-state index contributed by atoms with van der Waals surface area (Å²) in [5.74, 6) is 0.444. The van der Waals surface area contributed by atoms with Gasteiger partial charge in [-0.1, -0.05) is 33.6 Å². The van der Waals surface area contributed by atoms with E-state index < -0.39 is 0 Å². The molecule has 0 radical (unpaired) electrons. The molecular weight excluding hydrogens is 190 g/mol. The van der Waals surface area contributed by atoms with Gasteiger partial charge >= 0.3 is 0 Å². The minimum Gasteiger partial charge on any atom is -0.396 e. The third-order valence-corrected chi connectivity index (χ3v) is 2.71. The first kappa shape index (κ1) is 14.4. The van der Waals surface area contributed by atoms with Gasteiger partial charge in [0.2, 0.25) is 5.91 Å². The van der Waals surface area contributed by atoms with Crippen LogP contribution < -0.4 is 5.32 Å². The van der Waals surface area contributed by atoms with Crippen LogP contribution >= 0.6 is 0 Å². The van der Waals surface area contributed by atoms with E-state index in [1.807, 2.05) is 6.92 Å². The van der Waals surface area contributed by atoms with Gasteiger partial charge in [-0.25, -0.2) is 0 Å². The highest BCUT2D eigenvalue weighted by atomic mass is 16.3. The number of hydrogen-bond donors (Lipinski definition) is 2. The Hall–Kier alpha value is -0.570. The minimum atomic E-state index is 0.131. The van der Waals surface area contributed by atoms with Gasteiger partial charge in [0.15, 0.2) is 0 Å². The van der Waals surface area contributed by atoms with Crippen LogP contribution in [0.1, 0.15) is 46.5 Å². The highest BCUT2D eigenvalue weighted by Crippen LogP contribution is 2.12. The molecule has 0 aromatic carbocycles. The van der Waals surface area contributed by atoms with Gasteiger partial charge in [0.1, 0.15) is 0 Å². The summed E-state index contributed by atoms with van der Waals surface area (Å²) in [6, 6.07) is 0. The highest BCUT2D eigenvalue weighted by molar-refractivity contribution is 5.78. The van der Waals surface area contributed by atoms with Crippen molar-refractivity contribution in [2.75, 3.05) is 13.2 Å². The van der Waals surface area contributed by atoms with Crippen molar-refractivity contribution in [3.05, 3.63) is 0 Å². The first-order valence-corrected chi connectivity index (χ1v) is 6.04. The van der Waals surface area contributed by atoms with Crippen LogP contribution in [0.5, 0.6) is 0 Å². The van der Waals surface area contributed by atoms with Crippen LogP contribution in [0, 0.1) is 11.8 Å². The number of aliphatic hydroxyl groups excluding tert-OH is 1. The number of amides is 1. The van der Waals surface area contributed by atoms with Gasteiger partial charge in [-0.2, -0.15) is 0 Å². The van der Waals surface area contributed by atoms with Gasteiger partial charge < -0.3 is 10.4 Å². The summed E-state index contributed by atoms with van der Waals surface area (Å²) < 4.78 is 0. The summed E-state index contributed by atoms with van der Waals surface area (Å²) in [4.78, 5) is 11.7. The van der Waals surface area contributed by atoms with Crippen molar-refractivity contribution in [3.63, 3.8) is 0 Å². The Kier molecular flexibility index (Phi) is 8.38. The third-order valence-electron chi connectivity index (χ3n) is 2.71. The van der Waals surface area contributed by atoms with Crippen LogP contribution in [0.3, 0.4) is 0 Å². The SMILES string of the molecule is CCCCC(CC)C(=O)NCC(C)CO. The molecule has 0 spiro atoms. The van der Waals surface area contributed by atoms with Gasteiger partial charge in [-0.05, 0) is 18.8 Å². The fourth-order valence-electron chi connectivity index (χ4n) is 1.45. The molecule has 15 heavy (non-hydrogen) atoms. The second-order valence-electron chi connectivity index (χ2n) is 4.28. The zero-order chi connectivity index (χ0) is 11.7. The maximum atomic E-state index is 11.7. The lowest BCUT2D eigenvalue weighted by molar-refractivity contribution is -0.125. The van der Waals surface area contributed by atoms with Crippen LogP contribution in [-0.2, 0) is 4.79 Å². The highest BCUT2D eigenvalue weighted by Gasteiger charge is 2.15. The molecule has 0 fully saturated rings. The molecule has 2 N–H and O–H groups in total. The molecule has 0 aliphatic carbocycles. The number of hydrogen-bond acceptors (Lipinski definition) is 2. The van der Waals surface area contributed by atoms with Crippen molar-refractivity contribution in [1.82, 2.24) is 5.32 Å². The van der Waals surface area contributed by atoms with E-state index in [1.54, 1.807) is 0 Å². The summed E-state index contributed by atoms with van der Waals surface area (Å²) in [6.45, 7) is 6.82. The molecule has 0 saturated carbocycles. The van der Waals surface area contributed by atoms with Crippen molar-refractivity contribution in [3.8, 4) is 0 Å². The average Bonchev–Trinajstić information content (AvgIpc) is 2.26. The van der Waals surface area contributed by atoms with Crippen LogP contribution in [0.15, 0.2) is 0 Å². The Labute approximate surface area is 93.3 Å². The average molecular weight is 215 g/mol. The van der Waals surface area contributed by atoms with Gasteiger partial charge in [-0.3, -0.25) is 4.79 Å². The lowest BCUT2D eigenvalue weighted by Gasteiger charge is -2.16. The normalized spacial score (nSPS) is 14.7. The van der Waals surface area contributed by atoms with Crippen molar-refractivity contribution in [1.29, 1.82) is 0 Å². The zero-order valence-corrected chi connectivity index (χ0v) is 10.3. The molecule has 0 aromatic rings. The fraction of sp³-hybridized carbons (Fsp3) is 0.917. The van der Waals surface area contributed by atoms with E-state index in [0.717, 1.165) is 25.7 Å². The predicted octanol–water partition coefficient (Wildman–Crippen LogP) is 1.95. The van der Waals surface area contributed by atoms with E-state index in [-0.39, 0.29) is 24.3 Å². The van der Waals surface area contributed by atoms with Crippen molar-refractivity contribution < 1.29 is 9.90 Å². The van der Waals surface area contributed by atoms with E-state index in [2.05, 4.69) is 19.2 Å². The second kappa shape index (κ2) is 8.72. The second-order valence-corrected chi connectivity index (χ2v) is 4.28. The molecule has 3 heteroatoms. The standard InChI is InChI=1S/C12H25NO2/c1-4-6-7-11(5-2)12(15)13-8-10(3)9-14/h10-11,14H,4-9H2,1-3H3,(H,13,15). The van der Waals surface area contributed by atoms with E-state index in [4.69, 9.17) is 5.11 Å². The lowest BCUT2D eigenvalue weighted by atomic mass is 9.98. The summed E-state index contributed by atoms with van der Waals surface area (Å²) in [5, 5.41) is 11.7. The van der Waals surface area contributed by atoms with Crippen molar-refractivity contribution in [2.45, 2.75) is 46.5 Å². The Balaban J connectivity index is 3.82. The van der Waals surface area contributed by atoms with E-state index in [9.17, 15) is 4.79 Å². The summed E-state index contributed by atoms with van der Waals surface area (Å²) in [7, 11) is 0. The Morgan fingerprint density at radius 1 is 1.40 bits per heavy atom. The smallest absolute Gasteiger partial charge is 0.223 e. The van der Waals surface area contributed by atoms with E-state index in [0.29, 0.717) is 6.54 Å². The van der Waals surface area contributed by atoms with Crippen LogP contribution in [0.25, 0.3) is 0 Å². The van der Waals surface area contributed by atoms with Crippen molar-refractivity contribution >= 4 is 5.91 Å². The molecule has 0 bridgehead atoms. The largest absolute Gasteiger partial charge is 0.396 e. The summed E-state index contributed by atoms with van der Waals surface area (Å²) in [5.41, 5.74) is 0. The zero-order valence-electron chi connectivity index (χ0n) is 10.3. The number of carbonyl (C=O) groups excluding carboxylic acids is 1. The Morgan fingerprint density at radius 3 is 2.53 bits per heavy atom. The summed E-state index contributed by atoms with van der Waals surface area (Å²) in [6.07, 6.45) is 4.13. The molecule has 90 valence electrons. The van der Waals surface area contributed by atoms with Crippen molar-refractivity contribution in [2.24, 2.45) is 11.8 Å². The maximum Gasteiger partial charge on any atom is 0.223 e. The molecular formula is C12H25NO2. The third kappa shape index (κ3) is 6.50. The fourth-order valence-corrected chi connectivity index (χ4v) is 1.45. The molecule has 0 aliphatic heterocycles. The molecule has 1 amide bonds. The topological polar surface area (TPSA) is 49.3 Å². The Bertz CT molecular complexity index is 171. The number of unbranched alkanes of at least 4 members (excludes halogenated alkanes) is 1. The molecule has 0 aliphatic rings. The number of nitrogens with one attached hydrogen (secondary N) is 1. The molecule has 0 rings (SSSR count). The van der Waals surface area contributed by atoms with Crippen LogP contribution in [0.2, 0.25) is 0 Å². The lowest BCUT2D eigenvalue weighted by Crippen LogP contribution is -2.34. The van der Waals surface area contributed by atoms with Gasteiger partial charge in [0.05, 0.1) is 0 Å². The van der Waals surface area contributed by atoms with Gasteiger partial charge in [-0.15, -0.1) is 0 Å². The molecule has 0 aromatic heterocycles. The first-order valence-electron chi connectivity index (χ1n) is 6.04. The molecule has 2 unspecified atom stereocenters. The van der Waals surface area contributed by atoms with Gasteiger partial charge in [0, 0.05) is 19.1 Å². The maximum absolute atomic E-state index is 11.7. The van der Waals surface area contributed by atoms with E-state index >= 15 is 0 Å². The minimum absolute atomic E-state index is 0.131. The first-order chi connectivity index (χ1) is 7.15.